The molecule has 1 aliphatic heterocycles. The minimum Gasteiger partial charge on any atom is -0.493 e. The molecule has 0 saturated carbocycles. The maximum Gasteiger partial charge on any atom is 0.122 e. The summed E-state index contributed by atoms with van der Waals surface area (Å²) < 4.78 is 6.00. The van der Waals surface area contributed by atoms with Crippen LogP contribution in [0.2, 0.25) is 0 Å². The minimum atomic E-state index is 0. The molecule has 102 valence electrons. The molecule has 0 radical (unpaired) electrons. The number of hydrogen-bond donors (Lipinski definition) is 1. The van der Waals surface area contributed by atoms with E-state index in [0.29, 0.717) is 11.8 Å². The van der Waals surface area contributed by atoms with Gasteiger partial charge in [0.15, 0.2) is 0 Å². The highest BCUT2D eigenvalue weighted by Crippen LogP contribution is 2.28. The van der Waals surface area contributed by atoms with Crippen LogP contribution < -0.4 is 10.1 Å². The molecule has 18 heavy (non-hydrogen) atoms. The van der Waals surface area contributed by atoms with Gasteiger partial charge in [0.2, 0.25) is 0 Å². The van der Waals surface area contributed by atoms with Gasteiger partial charge in [0.05, 0.1) is 6.61 Å². The Kier molecular flexibility index (Phi) is 6.51. The molecular weight excluding hydrogens is 246 g/mol. The third kappa shape index (κ3) is 3.89. The molecule has 1 heterocycles. The molecule has 1 aromatic rings. The van der Waals surface area contributed by atoms with Crippen molar-refractivity contribution in [3.63, 3.8) is 0 Å². The fraction of sp³-hybridized carbons (Fsp3) is 0.600. The van der Waals surface area contributed by atoms with Crippen molar-refractivity contribution in [2.24, 2.45) is 5.92 Å². The molecule has 1 saturated heterocycles. The van der Waals surface area contributed by atoms with Gasteiger partial charge in [0.1, 0.15) is 5.75 Å². The van der Waals surface area contributed by atoms with Gasteiger partial charge < -0.3 is 10.1 Å². The summed E-state index contributed by atoms with van der Waals surface area (Å²) in [6.45, 7) is 7.58. The summed E-state index contributed by atoms with van der Waals surface area (Å²) in [4.78, 5) is 0. The first kappa shape index (κ1) is 15.3. The fourth-order valence-corrected chi connectivity index (χ4v) is 2.30. The van der Waals surface area contributed by atoms with Gasteiger partial charge in [-0.15, -0.1) is 12.4 Å². The molecule has 2 unspecified atom stereocenters. The summed E-state index contributed by atoms with van der Waals surface area (Å²) >= 11 is 0. The number of benzene rings is 1. The summed E-state index contributed by atoms with van der Waals surface area (Å²) in [5.41, 5.74) is 1.35. The van der Waals surface area contributed by atoms with Gasteiger partial charge in [-0.2, -0.15) is 0 Å². The maximum absolute atomic E-state index is 6.00. The summed E-state index contributed by atoms with van der Waals surface area (Å²) in [7, 11) is 0. The largest absolute Gasteiger partial charge is 0.493 e. The van der Waals surface area contributed by atoms with Crippen LogP contribution in [0.3, 0.4) is 0 Å². The fourth-order valence-electron chi connectivity index (χ4n) is 2.30. The molecule has 1 aliphatic rings. The van der Waals surface area contributed by atoms with Crippen molar-refractivity contribution in [1.29, 1.82) is 0 Å². The topological polar surface area (TPSA) is 21.3 Å². The second kappa shape index (κ2) is 7.65. The van der Waals surface area contributed by atoms with Gasteiger partial charge in [-0.05, 0) is 36.9 Å². The van der Waals surface area contributed by atoms with E-state index in [0.717, 1.165) is 31.9 Å². The van der Waals surface area contributed by atoms with E-state index in [2.05, 4.69) is 43.4 Å². The SMILES string of the molecule is CCC(C)c1ccccc1OCC1CCNC1.Cl. The van der Waals surface area contributed by atoms with Crippen LogP contribution in [0.5, 0.6) is 5.75 Å². The zero-order valence-electron chi connectivity index (χ0n) is 11.3. The minimum absolute atomic E-state index is 0. The van der Waals surface area contributed by atoms with Crippen LogP contribution in [-0.2, 0) is 0 Å². The molecule has 0 amide bonds. The molecule has 1 fully saturated rings. The molecule has 0 bridgehead atoms. The zero-order valence-corrected chi connectivity index (χ0v) is 12.1. The van der Waals surface area contributed by atoms with E-state index in [1.165, 1.54) is 12.0 Å². The van der Waals surface area contributed by atoms with Crippen molar-refractivity contribution < 1.29 is 4.74 Å². The Morgan fingerprint density at radius 2 is 2.17 bits per heavy atom. The lowest BCUT2D eigenvalue weighted by Crippen LogP contribution is -2.16. The van der Waals surface area contributed by atoms with Crippen molar-refractivity contribution in [2.75, 3.05) is 19.7 Å². The molecule has 3 heteroatoms. The normalized spacial score (nSPS) is 20.2. The average Bonchev–Trinajstić information content (AvgIpc) is 2.89. The molecule has 2 atom stereocenters. The van der Waals surface area contributed by atoms with Gasteiger partial charge in [0.25, 0.3) is 0 Å². The molecule has 0 aromatic heterocycles. The molecule has 0 spiro atoms. The van der Waals surface area contributed by atoms with Gasteiger partial charge in [-0.3, -0.25) is 0 Å². The highest BCUT2D eigenvalue weighted by atomic mass is 35.5. The molecular formula is C15H24ClNO. The predicted molar refractivity (Wildman–Crippen MR) is 78.9 cm³/mol. The number of rotatable bonds is 5. The summed E-state index contributed by atoms with van der Waals surface area (Å²) in [6.07, 6.45) is 2.40. The number of nitrogens with one attached hydrogen (secondary N) is 1. The molecule has 1 aromatic carbocycles. The van der Waals surface area contributed by atoms with Gasteiger partial charge in [-0.1, -0.05) is 32.0 Å². The van der Waals surface area contributed by atoms with E-state index in [4.69, 9.17) is 4.74 Å². The molecule has 1 N–H and O–H groups in total. The van der Waals surface area contributed by atoms with E-state index >= 15 is 0 Å². The highest BCUT2D eigenvalue weighted by Gasteiger charge is 2.16. The predicted octanol–water partition coefficient (Wildman–Crippen LogP) is 3.61. The van der Waals surface area contributed by atoms with Crippen molar-refractivity contribution in [3.05, 3.63) is 29.8 Å². The van der Waals surface area contributed by atoms with Crippen LogP contribution in [0.1, 0.15) is 38.2 Å². The average molecular weight is 270 g/mol. The Morgan fingerprint density at radius 1 is 1.39 bits per heavy atom. The van der Waals surface area contributed by atoms with Crippen LogP contribution >= 0.6 is 12.4 Å². The number of para-hydroxylation sites is 1. The van der Waals surface area contributed by atoms with E-state index in [1.54, 1.807) is 0 Å². The highest BCUT2D eigenvalue weighted by molar-refractivity contribution is 5.85. The smallest absolute Gasteiger partial charge is 0.122 e. The lowest BCUT2D eigenvalue weighted by Gasteiger charge is -2.17. The van der Waals surface area contributed by atoms with E-state index in [9.17, 15) is 0 Å². The van der Waals surface area contributed by atoms with Gasteiger partial charge in [-0.25, -0.2) is 0 Å². The quantitative estimate of drug-likeness (QED) is 0.882. The van der Waals surface area contributed by atoms with Gasteiger partial charge >= 0.3 is 0 Å². The first-order valence-corrected chi connectivity index (χ1v) is 6.73. The lowest BCUT2D eigenvalue weighted by atomic mass is 9.98. The second-order valence-electron chi connectivity index (χ2n) is 5.02. The van der Waals surface area contributed by atoms with Crippen molar-refractivity contribution >= 4 is 12.4 Å². The monoisotopic (exact) mass is 269 g/mol. The third-order valence-electron chi connectivity index (χ3n) is 3.70. The van der Waals surface area contributed by atoms with E-state index in [-0.39, 0.29) is 12.4 Å². The summed E-state index contributed by atoms with van der Waals surface area (Å²) in [5.74, 6) is 2.33. The Hall–Kier alpha value is -0.730. The Balaban J connectivity index is 0.00000162. The first-order valence-electron chi connectivity index (χ1n) is 6.73. The lowest BCUT2D eigenvalue weighted by molar-refractivity contribution is 0.256. The maximum atomic E-state index is 6.00. The number of hydrogen-bond acceptors (Lipinski definition) is 2. The van der Waals surface area contributed by atoms with E-state index < -0.39 is 0 Å². The zero-order chi connectivity index (χ0) is 12.1. The van der Waals surface area contributed by atoms with Crippen LogP contribution in [0.25, 0.3) is 0 Å². The van der Waals surface area contributed by atoms with Crippen molar-refractivity contribution in [3.8, 4) is 5.75 Å². The standard InChI is InChI=1S/C15H23NO.ClH/c1-3-12(2)14-6-4-5-7-15(14)17-11-13-8-9-16-10-13;/h4-7,12-13,16H,3,8-11H2,1-2H3;1H. The number of halogens is 1. The third-order valence-corrected chi connectivity index (χ3v) is 3.70. The summed E-state index contributed by atoms with van der Waals surface area (Å²) in [5, 5.41) is 3.38. The van der Waals surface area contributed by atoms with Crippen LogP contribution in [-0.4, -0.2) is 19.7 Å². The van der Waals surface area contributed by atoms with Crippen molar-refractivity contribution in [1.82, 2.24) is 5.32 Å². The van der Waals surface area contributed by atoms with Crippen LogP contribution in [0.4, 0.5) is 0 Å². The Labute approximate surface area is 117 Å². The van der Waals surface area contributed by atoms with Crippen molar-refractivity contribution in [2.45, 2.75) is 32.6 Å². The first-order chi connectivity index (χ1) is 8.31. The molecule has 2 nitrogen and oxygen atoms in total. The summed E-state index contributed by atoms with van der Waals surface area (Å²) in [6, 6.07) is 8.46. The second-order valence-corrected chi connectivity index (χ2v) is 5.02. The Morgan fingerprint density at radius 3 is 2.83 bits per heavy atom. The van der Waals surface area contributed by atoms with Crippen LogP contribution in [0.15, 0.2) is 24.3 Å². The molecule has 2 rings (SSSR count). The Bertz CT molecular complexity index is 350. The van der Waals surface area contributed by atoms with Gasteiger partial charge in [0, 0.05) is 12.5 Å². The molecule has 0 aliphatic carbocycles. The van der Waals surface area contributed by atoms with Crippen LogP contribution in [0, 0.1) is 5.92 Å². The van der Waals surface area contributed by atoms with E-state index in [1.807, 2.05) is 0 Å². The number of ether oxygens (including phenoxy) is 1.